The number of carbonyl (C=O) groups excluding carboxylic acids is 2. The molecule has 2 aromatic carbocycles. The number of hydrogen-bond donors (Lipinski definition) is 1. The van der Waals surface area contributed by atoms with Crippen molar-refractivity contribution in [1.29, 1.82) is 0 Å². The van der Waals surface area contributed by atoms with E-state index in [1.54, 1.807) is 24.0 Å². The van der Waals surface area contributed by atoms with Gasteiger partial charge in [0.15, 0.2) is 0 Å². The highest BCUT2D eigenvalue weighted by atomic mass is 32.2. The van der Waals surface area contributed by atoms with Crippen LogP contribution in [0.4, 0.5) is 5.69 Å². The maximum Gasteiger partial charge on any atom is 0.269 e. The SMILES string of the molecule is CC[C@@H](C)NC(=O)[C@@H](C)N(CCc1ccccc1)C(=O)CSCc1ccc([N+](=O)[O-])cc1. The molecule has 2 aromatic rings. The molecule has 32 heavy (non-hydrogen) atoms. The molecule has 0 unspecified atom stereocenters. The second-order valence-electron chi connectivity index (χ2n) is 7.73. The van der Waals surface area contributed by atoms with E-state index in [1.165, 1.54) is 23.9 Å². The van der Waals surface area contributed by atoms with Crippen LogP contribution >= 0.6 is 11.8 Å². The summed E-state index contributed by atoms with van der Waals surface area (Å²) in [5, 5.41) is 13.7. The highest BCUT2D eigenvalue weighted by Crippen LogP contribution is 2.18. The molecule has 0 bridgehead atoms. The molecular formula is C24H31N3O4S. The molecular weight excluding hydrogens is 426 g/mol. The van der Waals surface area contributed by atoms with E-state index in [0.717, 1.165) is 17.5 Å². The van der Waals surface area contributed by atoms with Crippen LogP contribution in [0.1, 0.15) is 38.3 Å². The van der Waals surface area contributed by atoms with Crippen LogP contribution < -0.4 is 5.32 Å². The minimum Gasteiger partial charge on any atom is -0.352 e. The lowest BCUT2D eigenvalue weighted by Gasteiger charge is -2.29. The van der Waals surface area contributed by atoms with Crippen LogP contribution in [-0.2, 0) is 21.8 Å². The van der Waals surface area contributed by atoms with Crippen LogP contribution in [0.5, 0.6) is 0 Å². The average Bonchev–Trinajstić information content (AvgIpc) is 2.79. The highest BCUT2D eigenvalue weighted by molar-refractivity contribution is 7.99. The van der Waals surface area contributed by atoms with Gasteiger partial charge in [0, 0.05) is 30.5 Å². The molecule has 1 N–H and O–H groups in total. The molecule has 172 valence electrons. The van der Waals surface area contributed by atoms with Crippen molar-refractivity contribution in [3.8, 4) is 0 Å². The Labute approximate surface area is 193 Å². The fourth-order valence-electron chi connectivity index (χ4n) is 3.09. The van der Waals surface area contributed by atoms with Gasteiger partial charge < -0.3 is 10.2 Å². The zero-order valence-corrected chi connectivity index (χ0v) is 19.6. The van der Waals surface area contributed by atoms with Crippen molar-refractivity contribution in [2.24, 2.45) is 0 Å². The van der Waals surface area contributed by atoms with E-state index in [9.17, 15) is 19.7 Å². The van der Waals surface area contributed by atoms with Gasteiger partial charge in [-0.25, -0.2) is 0 Å². The van der Waals surface area contributed by atoms with Crippen LogP contribution in [-0.4, -0.2) is 46.0 Å². The predicted molar refractivity (Wildman–Crippen MR) is 128 cm³/mol. The normalized spacial score (nSPS) is 12.6. The van der Waals surface area contributed by atoms with Crippen molar-refractivity contribution in [1.82, 2.24) is 10.2 Å². The topological polar surface area (TPSA) is 92.6 Å². The third-order valence-corrected chi connectivity index (χ3v) is 6.28. The molecule has 0 spiro atoms. The van der Waals surface area contributed by atoms with Gasteiger partial charge >= 0.3 is 0 Å². The van der Waals surface area contributed by atoms with Gasteiger partial charge in [-0.15, -0.1) is 11.8 Å². The third kappa shape index (κ3) is 8.00. The predicted octanol–water partition coefficient (Wildman–Crippen LogP) is 4.20. The minimum absolute atomic E-state index is 0.0445. The van der Waals surface area contributed by atoms with E-state index in [0.29, 0.717) is 18.7 Å². The van der Waals surface area contributed by atoms with Gasteiger partial charge in [-0.1, -0.05) is 49.4 Å². The standard InChI is InChI=1S/C24H31N3O4S/c1-4-18(2)25-24(29)19(3)26(15-14-20-8-6-5-7-9-20)23(28)17-32-16-21-10-12-22(13-11-21)27(30)31/h5-13,18-19H,4,14-17H2,1-3H3,(H,25,29)/t18-,19-/m1/s1. The Morgan fingerprint density at radius 2 is 1.72 bits per heavy atom. The van der Waals surface area contributed by atoms with Gasteiger partial charge in [0.1, 0.15) is 6.04 Å². The second kappa shape index (κ2) is 12.9. The molecule has 0 heterocycles. The van der Waals surface area contributed by atoms with Crippen molar-refractivity contribution in [2.75, 3.05) is 12.3 Å². The summed E-state index contributed by atoms with van der Waals surface area (Å²) in [6, 6.07) is 15.7. The number of non-ortho nitro benzene ring substituents is 1. The van der Waals surface area contributed by atoms with E-state index < -0.39 is 11.0 Å². The lowest BCUT2D eigenvalue weighted by atomic mass is 10.1. The lowest BCUT2D eigenvalue weighted by molar-refractivity contribution is -0.384. The van der Waals surface area contributed by atoms with Crippen LogP contribution in [0.25, 0.3) is 0 Å². The number of thioether (sulfide) groups is 1. The summed E-state index contributed by atoms with van der Waals surface area (Å²) in [5.41, 5.74) is 2.06. The molecule has 7 nitrogen and oxygen atoms in total. The Morgan fingerprint density at radius 1 is 1.06 bits per heavy atom. The molecule has 0 aromatic heterocycles. The number of nitrogens with zero attached hydrogens (tertiary/aromatic N) is 2. The molecule has 0 aliphatic heterocycles. The Bertz CT molecular complexity index is 890. The highest BCUT2D eigenvalue weighted by Gasteiger charge is 2.26. The van der Waals surface area contributed by atoms with E-state index in [4.69, 9.17) is 0 Å². The van der Waals surface area contributed by atoms with Gasteiger partial charge in [-0.3, -0.25) is 19.7 Å². The Hall–Kier alpha value is -2.87. The maximum absolute atomic E-state index is 13.0. The smallest absolute Gasteiger partial charge is 0.269 e. The van der Waals surface area contributed by atoms with E-state index in [-0.39, 0.29) is 29.3 Å². The van der Waals surface area contributed by atoms with E-state index in [2.05, 4.69) is 5.32 Å². The summed E-state index contributed by atoms with van der Waals surface area (Å²) < 4.78 is 0. The number of nitro benzene ring substituents is 1. The third-order valence-electron chi connectivity index (χ3n) is 5.29. The maximum atomic E-state index is 13.0. The molecule has 0 saturated heterocycles. The number of carbonyl (C=O) groups is 2. The fourth-order valence-corrected chi connectivity index (χ4v) is 3.96. The first-order chi connectivity index (χ1) is 15.3. The first kappa shape index (κ1) is 25.4. The zero-order chi connectivity index (χ0) is 23.5. The molecule has 2 rings (SSSR count). The average molecular weight is 458 g/mol. The monoisotopic (exact) mass is 457 g/mol. The van der Waals surface area contributed by atoms with Crippen LogP contribution in [0.3, 0.4) is 0 Å². The number of nitrogens with one attached hydrogen (secondary N) is 1. The molecule has 0 radical (unpaired) electrons. The first-order valence-electron chi connectivity index (χ1n) is 10.8. The van der Waals surface area contributed by atoms with Crippen molar-refractivity contribution >= 4 is 29.3 Å². The number of nitro groups is 1. The molecule has 8 heteroatoms. The summed E-state index contributed by atoms with van der Waals surface area (Å²) >= 11 is 1.43. The number of benzene rings is 2. The van der Waals surface area contributed by atoms with Gasteiger partial charge in [-0.05, 0) is 37.8 Å². The first-order valence-corrected chi connectivity index (χ1v) is 11.9. The molecule has 0 saturated carbocycles. The Morgan fingerprint density at radius 3 is 2.31 bits per heavy atom. The zero-order valence-electron chi connectivity index (χ0n) is 18.8. The van der Waals surface area contributed by atoms with Crippen molar-refractivity contribution < 1.29 is 14.5 Å². The van der Waals surface area contributed by atoms with Crippen LogP contribution in [0.15, 0.2) is 54.6 Å². The molecule has 2 atom stereocenters. The van der Waals surface area contributed by atoms with Crippen molar-refractivity contribution in [3.05, 3.63) is 75.8 Å². The molecule has 2 amide bonds. The quantitative estimate of drug-likeness (QED) is 0.381. The summed E-state index contributed by atoms with van der Waals surface area (Å²) in [6.45, 7) is 6.17. The fraction of sp³-hybridized carbons (Fsp3) is 0.417. The van der Waals surface area contributed by atoms with Gasteiger partial charge in [0.05, 0.1) is 10.7 Å². The summed E-state index contributed by atoms with van der Waals surface area (Å²) in [4.78, 5) is 37.7. The van der Waals surface area contributed by atoms with Gasteiger partial charge in [-0.2, -0.15) is 0 Å². The van der Waals surface area contributed by atoms with Crippen molar-refractivity contribution in [3.63, 3.8) is 0 Å². The lowest BCUT2D eigenvalue weighted by Crippen LogP contribution is -2.51. The van der Waals surface area contributed by atoms with E-state index >= 15 is 0 Å². The largest absolute Gasteiger partial charge is 0.352 e. The van der Waals surface area contributed by atoms with Crippen LogP contribution in [0, 0.1) is 10.1 Å². The molecule has 0 aliphatic carbocycles. The summed E-state index contributed by atoms with van der Waals surface area (Å²) in [6.07, 6.45) is 1.49. The van der Waals surface area contributed by atoms with Gasteiger partial charge in [0.25, 0.3) is 5.69 Å². The number of amides is 2. The second-order valence-corrected chi connectivity index (χ2v) is 8.72. The summed E-state index contributed by atoms with van der Waals surface area (Å²) in [7, 11) is 0. The van der Waals surface area contributed by atoms with Crippen molar-refractivity contribution in [2.45, 2.75) is 51.4 Å². The minimum atomic E-state index is -0.569. The molecule has 0 aliphatic rings. The Kier molecular flexibility index (Phi) is 10.2. The summed E-state index contributed by atoms with van der Waals surface area (Å²) in [5.74, 6) is 0.539. The van der Waals surface area contributed by atoms with Crippen LogP contribution in [0.2, 0.25) is 0 Å². The van der Waals surface area contributed by atoms with E-state index in [1.807, 2.05) is 44.2 Å². The van der Waals surface area contributed by atoms with Gasteiger partial charge in [0.2, 0.25) is 11.8 Å². The Balaban J connectivity index is 1.99. The molecule has 0 fully saturated rings. The number of rotatable bonds is 12. The number of hydrogen-bond acceptors (Lipinski definition) is 5.